The van der Waals surface area contributed by atoms with Gasteiger partial charge in [0.25, 0.3) is 5.91 Å². The van der Waals surface area contributed by atoms with Crippen LogP contribution in [0.15, 0.2) is 16.7 Å². The zero-order valence-electron chi connectivity index (χ0n) is 10.7. The smallest absolute Gasteiger partial charge is 0.291 e. The zero-order chi connectivity index (χ0) is 13.0. The maximum atomic E-state index is 11.9. The van der Waals surface area contributed by atoms with Crippen LogP contribution in [0.3, 0.4) is 0 Å². The van der Waals surface area contributed by atoms with Crippen molar-refractivity contribution in [1.29, 1.82) is 0 Å². The van der Waals surface area contributed by atoms with Crippen molar-refractivity contribution in [2.75, 3.05) is 6.61 Å². The third kappa shape index (κ3) is 4.16. The van der Waals surface area contributed by atoms with Gasteiger partial charge in [-0.1, -0.05) is 13.8 Å². The van der Waals surface area contributed by atoms with E-state index < -0.39 is 0 Å². The Morgan fingerprint density at radius 3 is 2.65 bits per heavy atom. The first kappa shape index (κ1) is 14.3. The number of hydrogen-bond donors (Lipinski definition) is 1. The van der Waals surface area contributed by atoms with Crippen LogP contribution in [0.4, 0.5) is 0 Å². The average Bonchev–Trinajstić information content (AvgIpc) is 2.59. The highest BCUT2D eigenvalue weighted by Gasteiger charge is 2.14. The number of hydroxylamine groups is 1. The molecule has 0 spiro atoms. The molecule has 0 aromatic carbocycles. The summed E-state index contributed by atoms with van der Waals surface area (Å²) in [7, 11) is 0. The molecule has 1 aromatic heterocycles. The predicted molar refractivity (Wildman–Crippen MR) is 70.8 cm³/mol. The van der Waals surface area contributed by atoms with Crippen molar-refractivity contribution in [3.05, 3.63) is 22.4 Å². The third-order valence-corrected chi connectivity index (χ3v) is 2.62. The summed E-state index contributed by atoms with van der Waals surface area (Å²) in [5.74, 6) is 0.170. The van der Waals surface area contributed by atoms with E-state index >= 15 is 0 Å². The summed E-state index contributed by atoms with van der Waals surface area (Å²) in [4.78, 5) is 17.0. The molecule has 0 saturated heterocycles. The third-order valence-electron chi connectivity index (χ3n) is 2.19. The Morgan fingerprint density at radius 2 is 2.12 bits per heavy atom. The van der Waals surface area contributed by atoms with Crippen molar-refractivity contribution in [3.63, 3.8) is 0 Å². The lowest BCUT2D eigenvalue weighted by molar-refractivity contribution is 0.0201. The number of aromatic nitrogens is 1. The minimum atomic E-state index is -0.218. The standard InChI is InChI=1S/C12H19BrN2O2/c1-8(2)7-17-14-12(16)11-5-10(13)6-15(11)9(3)4/h5-6,8-9H,7H2,1-4H3,(H,14,16). The SMILES string of the molecule is CC(C)CONC(=O)c1cc(Br)cn1C(C)C. The molecular formula is C12H19BrN2O2. The number of carbonyl (C=O) groups is 1. The molecular weight excluding hydrogens is 284 g/mol. The molecule has 1 rings (SSSR count). The molecule has 5 heteroatoms. The highest BCUT2D eigenvalue weighted by molar-refractivity contribution is 9.10. The van der Waals surface area contributed by atoms with Crippen LogP contribution in [-0.2, 0) is 4.84 Å². The number of amides is 1. The van der Waals surface area contributed by atoms with Gasteiger partial charge < -0.3 is 4.57 Å². The number of halogens is 1. The molecule has 0 bridgehead atoms. The number of hydrogen-bond acceptors (Lipinski definition) is 2. The second kappa shape index (κ2) is 6.21. The van der Waals surface area contributed by atoms with E-state index in [1.54, 1.807) is 6.07 Å². The molecule has 0 aliphatic rings. The Balaban J connectivity index is 2.68. The van der Waals surface area contributed by atoms with E-state index in [0.29, 0.717) is 18.2 Å². The Kier molecular flexibility index (Phi) is 5.21. The van der Waals surface area contributed by atoms with Gasteiger partial charge >= 0.3 is 0 Å². The van der Waals surface area contributed by atoms with E-state index in [4.69, 9.17) is 4.84 Å². The van der Waals surface area contributed by atoms with Crippen molar-refractivity contribution in [2.24, 2.45) is 5.92 Å². The molecule has 0 atom stereocenters. The summed E-state index contributed by atoms with van der Waals surface area (Å²) in [5, 5.41) is 0. The van der Waals surface area contributed by atoms with Crippen molar-refractivity contribution >= 4 is 21.8 Å². The number of carbonyl (C=O) groups excluding carboxylic acids is 1. The van der Waals surface area contributed by atoms with Gasteiger partial charge in [0.2, 0.25) is 0 Å². The monoisotopic (exact) mass is 302 g/mol. The van der Waals surface area contributed by atoms with E-state index in [1.165, 1.54) is 0 Å². The van der Waals surface area contributed by atoms with E-state index in [0.717, 1.165) is 4.47 Å². The predicted octanol–water partition coefficient (Wildman–Crippen LogP) is 3.15. The largest absolute Gasteiger partial charge is 0.340 e. The molecule has 0 saturated carbocycles. The summed E-state index contributed by atoms with van der Waals surface area (Å²) in [6.07, 6.45) is 1.89. The quantitative estimate of drug-likeness (QED) is 0.849. The Morgan fingerprint density at radius 1 is 1.47 bits per heavy atom. The molecule has 1 amide bonds. The molecule has 17 heavy (non-hydrogen) atoms. The van der Waals surface area contributed by atoms with Gasteiger partial charge in [0.15, 0.2) is 0 Å². The van der Waals surface area contributed by atoms with E-state index in [2.05, 4.69) is 21.4 Å². The van der Waals surface area contributed by atoms with Gasteiger partial charge in [-0.3, -0.25) is 9.63 Å². The van der Waals surface area contributed by atoms with E-state index in [9.17, 15) is 4.79 Å². The molecule has 0 radical (unpaired) electrons. The van der Waals surface area contributed by atoms with Crippen molar-refractivity contribution in [1.82, 2.24) is 10.0 Å². The number of nitrogens with zero attached hydrogens (tertiary/aromatic N) is 1. The number of nitrogens with one attached hydrogen (secondary N) is 1. The van der Waals surface area contributed by atoms with Crippen LogP contribution in [0.1, 0.15) is 44.2 Å². The van der Waals surface area contributed by atoms with Gasteiger partial charge in [-0.05, 0) is 41.8 Å². The fraction of sp³-hybridized carbons (Fsp3) is 0.583. The van der Waals surface area contributed by atoms with Gasteiger partial charge in [0.1, 0.15) is 5.69 Å². The number of rotatable bonds is 5. The van der Waals surface area contributed by atoms with Crippen LogP contribution in [0.25, 0.3) is 0 Å². The van der Waals surface area contributed by atoms with Gasteiger partial charge in [0, 0.05) is 16.7 Å². The Labute approximate surface area is 110 Å². The van der Waals surface area contributed by atoms with Gasteiger partial charge in [0.05, 0.1) is 6.61 Å². The summed E-state index contributed by atoms with van der Waals surface area (Å²) >= 11 is 3.37. The maximum absolute atomic E-state index is 11.9. The highest BCUT2D eigenvalue weighted by Crippen LogP contribution is 2.19. The summed E-state index contributed by atoms with van der Waals surface area (Å²) in [6, 6.07) is 2.01. The normalized spacial score (nSPS) is 11.2. The molecule has 96 valence electrons. The summed E-state index contributed by atoms with van der Waals surface area (Å²) < 4.78 is 2.79. The molecule has 1 heterocycles. The fourth-order valence-electron chi connectivity index (χ4n) is 1.38. The summed E-state index contributed by atoms with van der Waals surface area (Å²) in [5.41, 5.74) is 3.05. The lowest BCUT2D eigenvalue weighted by Crippen LogP contribution is -2.28. The fourth-order valence-corrected chi connectivity index (χ4v) is 1.82. The first-order valence-corrected chi connectivity index (χ1v) is 6.50. The van der Waals surface area contributed by atoms with Crippen molar-refractivity contribution in [2.45, 2.75) is 33.7 Å². The van der Waals surface area contributed by atoms with Crippen LogP contribution in [0, 0.1) is 5.92 Å². The first-order valence-electron chi connectivity index (χ1n) is 5.71. The van der Waals surface area contributed by atoms with Crippen LogP contribution >= 0.6 is 15.9 Å². The first-order chi connectivity index (χ1) is 7.91. The maximum Gasteiger partial charge on any atom is 0.291 e. The van der Waals surface area contributed by atoms with Gasteiger partial charge in [-0.2, -0.15) is 0 Å². The van der Waals surface area contributed by atoms with Crippen LogP contribution < -0.4 is 5.48 Å². The summed E-state index contributed by atoms with van der Waals surface area (Å²) in [6.45, 7) is 8.62. The zero-order valence-corrected chi connectivity index (χ0v) is 12.2. The Hall–Kier alpha value is -0.810. The van der Waals surface area contributed by atoms with E-state index in [1.807, 2.05) is 38.5 Å². The van der Waals surface area contributed by atoms with Crippen LogP contribution in [-0.4, -0.2) is 17.1 Å². The van der Waals surface area contributed by atoms with Crippen molar-refractivity contribution in [3.8, 4) is 0 Å². The highest BCUT2D eigenvalue weighted by atomic mass is 79.9. The molecule has 4 nitrogen and oxygen atoms in total. The van der Waals surface area contributed by atoms with E-state index in [-0.39, 0.29) is 11.9 Å². The van der Waals surface area contributed by atoms with Crippen LogP contribution in [0.5, 0.6) is 0 Å². The molecule has 0 aliphatic heterocycles. The lowest BCUT2D eigenvalue weighted by atomic mass is 10.2. The van der Waals surface area contributed by atoms with Crippen molar-refractivity contribution < 1.29 is 9.63 Å². The second-order valence-corrected chi connectivity index (χ2v) is 5.60. The van der Waals surface area contributed by atoms with Gasteiger partial charge in [-0.15, -0.1) is 0 Å². The van der Waals surface area contributed by atoms with Gasteiger partial charge in [-0.25, -0.2) is 5.48 Å². The second-order valence-electron chi connectivity index (χ2n) is 4.68. The molecule has 1 aromatic rings. The molecule has 1 N–H and O–H groups in total. The molecule has 0 fully saturated rings. The minimum Gasteiger partial charge on any atom is -0.340 e. The molecule has 0 unspecified atom stereocenters. The Bertz CT molecular complexity index is 386. The average molecular weight is 303 g/mol. The van der Waals surface area contributed by atoms with Crippen LogP contribution in [0.2, 0.25) is 0 Å². The lowest BCUT2D eigenvalue weighted by Gasteiger charge is -2.13. The minimum absolute atomic E-state index is 0.218. The molecule has 0 aliphatic carbocycles. The topological polar surface area (TPSA) is 43.3 Å².